The van der Waals surface area contributed by atoms with Crippen LogP contribution in [0.2, 0.25) is 0 Å². The summed E-state index contributed by atoms with van der Waals surface area (Å²) in [6, 6.07) is 0. The van der Waals surface area contributed by atoms with Gasteiger partial charge >= 0.3 is 0 Å². The van der Waals surface area contributed by atoms with Gasteiger partial charge in [0.05, 0.1) is 14.2 Å². The van der Waals surface area contributed by atoms with Gasteiger partial charge in [0.2, 0.25) is 0 Å². The first kappa shape index (κ1) is 17.8. The molecule has 0 fully saturated rings. The van der Waals surface area contributed by atoms with E-state index in [0.717, 1.165) is 24.4 Å². The van der Waals surface area contributed by atoms with Crippen LogP contribution in [0.25, 0.3) is 0 Å². The average molecular weight is 266 g/mol. The molecular weight excluding hydrogens is 236 g/mol. The number of allylic oxidation sites excluding steroid dienone is 5. The van der Waals surface area contributed by atoms with Gasteiger partial charge in [-0.25, -0.2) is 0 Å². The first-order valence-corrected chi connectivity index (χ1v) is 7.26. The van der Waals surface area contributed by atoms with Gasteiger partial charge in [0, 0.05) is 0 Å². The number of rotatable bonds is 9. The Bertz CT molecular complexity index is 335. The number of methoxy groups -OCH3 is 2. The lowest BCUT2D eigenvalue weighted by molar-refractivity contribution is 0.232. The second-order valence-corrected chi connectivity index (χ2v) is 4.78. The van der Waals surface area contributed by atoms with Gasteiger partial charge in [-0.1, -0.05) is 38.3 Å². The molecule has 0 aromatic carbocycles. The van der Waals surface area contributed by atoms with E-state index in [9.17, 15) is 0 Å². The van der Waals surface area contributed by atoms with E-state index in [-0.39, 0.29) is 0 Å². The Hall–Kier alpha value is -1.18. The van der Waals surface area contributed by atoms with Crippen molar-refractivity contribution >= 4 is 0 Å². The molecule has 0 aliphatic carbocycles. The largest absolute Gasteiger partial charge is 0.498 e. The normalized spacial score (nSPS) is 14.2. The summed E-state index contributed by atoms with van der Waals surface area (Å²) in [4.78, 5) is 0. The Morgan fingerprint density at radius 1 is 0.947 bits per heavy atom. The first-order valence-electron chi connectivity index (χ1n) is 7.26. The van der Waals surface area contributed by atoms with Crippen molar-refractivity contribution in [1.29, 1.82) is 0 Å². The molecule has 0 bridgehead atoms. The monoisotopic (exact) mass is 266 g/mol. The Morgan fingerprint density at radius 3 is 2.11 bits per heavy atom. The standard InChI is InChI=1S/C17H30O2/c1-7-9-10-11-16(14(3)8-2)12-13-17(19-6)15(4)18-5/h12-13H,7-11H2,1-6H3/b13-12-,16-14-,17-15-. The summed E-state index contributed by atoms with van der Waals surface area (Å²) in [5, 5.41) is 0. The lowest BCUT2D eigenvalue weighted by Gasteiger charge is -2.09. The molecule has 0 atom stereocenters. The molecule has 0 aromatic heterocycles. The highest BCUT2D eigenvalue weighted by Gasteiger charge is 2.01. The van der Waals surface area contributed by atoms with Gasteiger partial charge in [-0.05, 0) is 44.8 Å². The molecule has 0 amide bonds. The minimum Gasteiger partial charge on any atom is -0.498 e. The SMILES string of the molecule is CCCCCC(/C=C\C(OC)=C(/C)OC)=C(\C)CC. The van der Waals surface area contributed by atoms with Crippen LogP contribution in [0.1, 0.15) is 59.8 Å². The van der Waals surface area contributed by atoms with Gasteiger partial charge in [-0.2, -0.15) is 0 Å². The maximum Gasteiger partial charge on any atom is 0.156 e. The van der Waals surface area contributed by atoms with Crippen LogP contribution in [0.3, 0.4) is 0 Å². The Kier molecular flexibility index (Phi) is 10.1. The van der Waals surface area contributed by atoms with Crippen molar-refractivity contribution in [1.82, 2.24) is 0 Å². The van der Waals surface area contributed by atoms with Crippen molar-refractivity contribution in [2.24, 2.45) is 0 Å². The predicted molar refractivity (Wildman–Crippen MR) is 83.0 cm³/mol. The van der Waals surface area contributed by atoms with E-state index in [4.69, 9.17) is 9.47 Å². The molecule has 0 aromatic rings. The topological polar surface area (TPSA) is 18.5 Å². The Morgan fingerprint density at radius 2 is 1.63 bits per heavy atom. The summed E-state index contributed by atoms with van der Waals surface area (Å²) in [5.41, 5.74) is 2.88. The van der Waals surface area contributed by atoms with E-state index in [1.54, 1.807) is 14.2 Å². The third kappa shape index (κ3) is 7.09. The third-order valence-corrected chi connectivity index (χ3v) is 3.44. The fourth-order valence-corrected chi connectivity index (χ4v) is 1.84. The van der Waals surface area contributed by atoms with Gasteiger partial charge in [-0.3, -0.25) is 0 Å². The smallest absolute Gasteiger partial charge is 0.156 e. The van der Waals surface area contributed by atoms with Crippen molar-refractivity contribution < 1.29 is 9.47 Å². The van der Waals surface area contributed by atoms with E-state index >= 15 is 0 Å². The maximum absolute atomic E-state index is 5.34. The fraction of sp³-hybridized carbons (Fsp3) is 0.647. The molecule has 110 valence electrons. The van der Waals surface area contributed by atoms with E-state index in [0.29, 0.717) is 0 Å². The van der Waals surface area contributed by atoms with Crippen LogP contribution in [0.4, 0.5) is 0 Å². The number of hydrogen-bond donors (Lipinski definition) is 0. The van der Waals surface area contributed by atoms with Gasteiger partial charge in [0.25, 0.3) is 0 Å². The van der Waals surface area contributed by atoms with Crippen LogP contribution in [0.15, 0.2) is 34.8 Å². The van der Waals surface area contributed by atoms with Crippen molar-refractivity contribution in [3.63, 3.8) is 0 Å². The molecule has 2 heteroatoms. The molecular formula is C17H30O2. The molecule has 0 radical (unpaired) electrons. The summed E-state index contributed by atoms with van der Waals surface area (Å²) in [7, 11) is 3.34. The molecule has 19 heavy (non-hydrogen) atoms. The zero-order valence-electron chi connectivity index (χ0n) is 13.5. The molecule has 0 saturated heterocycles. The number of unbranched alkanes of at least 4 members (excludes halogenated alkanes) is 2. The zero-order chi connectivity index (χ0) is 14.7. The third-order valence-electron chi connectivity index (χ3n) is 3.44. The molecule has 0 saturated carbocycles. The number of ether oxygens (including phenoxy) is 2. The summed E-state index contributed by atoms with van der Waals surface area (Å²) in [6.07, 6.45) is 10.2. The number of hydrogen-bond acceptors (Lipinski definition) is 2. The second kappa shape index (κ2) is 10.7. The lowest BCUT2D eigenvalue weighted by Crippen LogP contribution is -1.92. The highest BCUT2D eigenvalue weighted by Crippen LogP contribution is 2.19. The molecule has 0 N–H and O–H groups in total. The average Bonchev–Trinajstić information content (AvgIpc) is 2.44. The van der Waals surface area contributed by atoms with Crippen LogP contribution in [0, 0.1) is 0 Å². The van der Waals surface area contributed by atoms with E-state index < -0.39 is 0 Å². The molecule has 2 nitrogen and oxygen atoms in total. The van der Waals surface area contributed by atoms with Gasteiger partial charge in [0.1, 0.15) is 5.76 Å². The summed E-state index contributed by atoms with van der Waals surface area (Å²) < 4.78 is 10.5. The summed E-state index contributed by atoms with van der Waals surface area (Å²) in [6.45, 7) is 8.57. The quantitative estimate of drug-likeness (QED) is 0.317. The van der Waals surface area contributed by atoms with Crippen LogP contribution < -0.4 is 0 Å². The lowest BCUT2D eigenvalue weighted by atomic mass is 10.0. The highest BCUT2D eigenvalue weighted by atomic mass is 16.5. The highest BCUT2D eigenvalue weighted by molar-refractivity contribution is 5.29. The van der Waals surface area contributed by atoms with Crippen LogP contribution in [-0.2, 0) is 9.47 Å². The Labute approximate surface area is 119 Å². The minimum absolute atomic E-state index is 0.791. The van der Waals surface area contributed by atoms with Crippen molar-refractivity contribution in [3.05, 3.63) is 34.8 Å². The molecule has 0 aliphatic rings. The first-order chi connectivity index (χ1) is 9.10. The molecule has 0 unspecified atom stereocenters. The molecule has 0 aliphatic heterocycles. The van der Waals surface area contributed by atoms with Crippen LogP contribution >= 0.6 is 0 Å². The minimum atomic E-state index is 0.791. The van der Waals surface area contributed by atoms with Crippen molar-refractivity contribution in [2.75, 3.05) is 14.2 Å². The molecule has 0 heterocycles. The van der Waals surface area contributed by atoms with E-state index in [1.165, 1.54) is 30.4 Å². The van der Waals surface area contributed by atoms with Gasteiger partial charge < -0.3 is 9.47 Å². The predicted octanol–water partition coefficient (Wildman–Crippen LogP) is 5.37. The molecule has 0 spiro atoms. The van der Waals surface area contributed by atoms with Crippen LogP contribution in [0.5, 0.6) is 0 Å². The van der Waals surface area contributed by atoms with Gasteiger partial charge in [-0.15, -0.1) is 0 Å². The van der Waals surface area contributed by atoms with Crippen molar-refractivity contribution in [3.8, 4) is 0 Å². The molecule has 0 rings (SSSR count). The van der Waals surface area contributed by atoms with E-state index in [2.05, 4.69) is 26.8 Å². The van der Waals surface area contributed by atoms with Crippen LogP contribution in [-0.4, -0.2) is 14.2 Å². The Balaban J connectivity index is 4.91. The van der Waals surface area contributed by atoms with Crippen molar-refractivity contribution in [2.45, 2.75) is 59.8 Å². The van der Waals surface area contributed by atoms with Gasteiger partial charge in [0.15, 0.2) is 5.76 Å². The second-order valence-electron chi connectivity index (χ2n) is 4.78. The maximum atomic E-state index is 5.34. The summed E-state index contributed by atoms with van der Waals surface area (Å²) in [5.74, 6) is 1.60. The summed E-state index contributed by atoms with van der Waals surface area (Å²) >= 11 is 0. The fourth-order valence-electron chi connectivity index (χ4n) is 1.84. The van der Waals surface area contributed by atoms with E-state index in [1.807, 2.05) is 13.0 Å². The zero-order valence-corrected chi connectivity index (χ0v) is 13.5.